The van der Waals surface area contributed by atoms with Gasteiger partial charge in [-0.15, -0.1) is 10.2 Å². The minimum absolute atomic E-state index is 0.641. The Hall–Kier alpha value is -6.14. The summed E-state index contributed by atoms with van der Waals surface area (Å²) >= 11 is 0. The van der Waals surface area contributed by atoms with Gasteiger partial charge in [-0.3, -0.25) is 0 Å². The summed E-state index contributed by atoms with van der Waals surface area (Å²) in [6.45, 7) is 1.28. The second-order valence-corrected chi connectivity index (χ2v) is 11.8. The third kappa shape index (κ3) is 6.09. The van der Waals surface area contributed by atoms with Crippen molar-refractivity contribution in [2.75, 3.05) is 0 Å². The first kappa shape index (κ1) is 28.3. The van der Waals surface area contributed by atoms with E-state index in [4.69, 9.17) is 10.2 Å². The van der Waals surface area contributed by atoms with Crippen molar-refractivity contribution in [2.45, 2.75) is 19.5 Å². The van der Waals surface area contributed by atoms with Crippen LogP contribution in [0, 0.1) is 0 Å². The summed E-state index contributed by atoms with van der Waals surface area (Å²) in [7, 11) is 0. The van der Waals surface area contributed by atoms with E-state index in [1.807, 2.05) is 21.5 Å². The molecule has 0 aliphatic heterocycles. The maximum atomic E-state index is 4.76. The second-order valence-electron chi connectivity index (χ2n) is 11.8. The summed E-state index contributed by atoms with van der Waals surface area (Å²) in [6, 6.07) is 50.9. The standard InChI is InChI=1S/C41H32N6/c1-4-13-30(14-5-1)23-33-24-37(39-28-46(44-42-39)26-31-15-6-2-7-16-31)41(36-22-12-20-34-19-10-11-21-35(34)36)38(25-33)40-29-47(45-43-40)27-32-17-8-3-9-18-32/h1-22,24-25,28-29H,23,26-27H2. The molecule has 0 aliphatic rings. The van der Waals surface area contributed by atoms with Crippen molar-refractivity contribution in [3.05, 3.63) is 180 Å². The third-order valence-electron chi connectivity index (χ3n) is 8.51. The lowest BCUT2D eigenvalue weighted by molar-refractivity contribution is 0.650. The molecule has 226 valence electrons. The van der Waals surface area contributed by atoms with E-state index in [1.165, 1.54) is 33.0 Å². The van der Waals surface area contributed by atoms with Gasteiger partial charge in [-0.05, 0) is 57.1 Å². The topological polar surface area (TPSA) is 61.4 Å². The molecule has 47 heavy (non-hydrogen) atoms. The van der Waals surface area contributed by atoms with Gasteiger partial charge in [0.25, 0.3) is 0 Å². The SMILES string of the molecule is c1ccc(Cc2cc(-c3cn(Cc4ccccc4)nn3)c(-c3cccc4ccccc34)c(-c3cn(Cc4ccccc4)nn3)c2)cc1. The quantitative estimate of drug-likeness (QED) is 0.164. The molecule has 6 heteroatoms. The van der Waals surface area contributed by atoms with Crippen LogP contribution in [-0.2, 0) is 19.5 Å². The summed E-state index contributed by atoms with van der Waals surface area (Å²) in [4.78, 5) is 0. The lowest BCUT2D eigenvalue weighted by atomic mass is 9.86. The van der Waals surface area contributed by atoms with E-state index in [-0.39, 0.29) is 0 Å². The summed E-state index contributed by atoms with van der Waals surface area (Å²) in [6.07, 6.45) is 4.88. The van der Waals surface area contributed by atoms with E-state index in [0.717, 1.165) is 40.1 Å². The van der Waals surface area contributed by atoms with Gasteiger partial charge in [0.15, 0.2) is 0 Å². The molecule has 0 bridgehead atoms. The Morgan fingerprint density at radius 2 is 0.915 bits per heavy atom. The third-order valence-corrected chi connectivity index (χ3v) is 8.51. The highest BCUT2D eigenvalue weighted by atomic mass is 15.4. The van der Waals surface area contributed by atoms with E-state index >= 15 is 0 Å². The molecule has 0 saturated carbocycles. The molecule has 0 aliphatic carbocycles. The summed E-state index contributed by atoms with van der Waals surface area (Å²) in [5, 5.41) is 21.0. The number of hydrogen-bond acceptors (Lipinski definition) is 4. The molecule has 6 nitrogen and oxygen atoms in total. The maximum absolute atomic E-state index is 4.76. The Bertz CT molecular complexity index is 2160. The molecule has 2 heterocycles. The van der Waals surface area contributed by atoms with E-state index in [9.17, 15) is 0 Å². The van der Waals surface area contributed by atoms with Crippen LogP contribution in [0.2, 0.25) is 0 Å². The number of rotatable bonds is 9. The lowest BCUT2D eigenvalue weighted by Gasteiger charge is -2.17. The summed E-state index contributed by atoms with van der Waals surface area (Å²) in [5.41, 5.74) is 10.6. The van der Waals surface area contributed by atoms with Crippen LogP contribution in [0.25, 0.3) is 44.4 Å². The minimum atomic E-state index is 0.641. The van der Waals surface area contributed by atoms with E-state index in [0.29, 0.717) is 13.1 Å². The Morgan fingerprint density at radius 1 is 0.426 bits per heavy atom. The molecule has 0 N–H and O–H groups in total. The molecular weight excluding hydrogens is 576 g/mol. The van der Waals surface area contributed by atoms with Crippen LogP contribution >= 0.6 is 0 Å². The van der Waals surface area contributed by atoms with Crippen LogP contribution in [0.4, 0.5) is 0 Å². The van der Waals surface area contributed by atoms with E-state index < -0.39 is 0 Å². The van der Waals surface area contributed by atoms with Crippen LogP contribution in [0.1, 0.15) is 22.3 Å². The van der Waals surface area contributed by atoms with Crippen molar-refractivity contribution in [1.82, 2.24) is 30.0 Å². The average molecular weight is 609 g/mol. The normalized spacial score (nSPS) is 11.2. The number of aromatic nitrogens is 6. The fraction of sp³-hybridized carbons (Fsp3) is 0.0732. The first-order valence-electron chi connectivity index (χ1n) is 15.8. The molecule has 0 atom stereocenters. The molecule has 8 aromatic rings. The second kappa shape index (κ2) is 12.7. The van der Waals surface area contributed by atoms with Crippen molar-refractivity contribution >= 4 is 10.8 Å². The van der Waals surface area contributed by atoms with Gasteiger partial charge in [-0.1, -0.05) is 144 Å². The highest BCUT2D eigenvalue weighted by molar-refractivity contribution is 6.04. The average Bonchev–Trinajstić information content (AvgIpc) is 3.79. The number of nitrogens with zero attached hydrogens (tertiary/aromatic N) is 6. The van der Waals surface area contributed by atoms with Crippen molar-refractivity contribution < 1.29 is 0 Å². The molecule has 0 radical (unpaired) electrons. The fourth-order valence-electron chi connectivity index (χ4n) is 6.31. The number of hydrogen-bond donors (Lipinski definition) is 0. The molecule has 2 aromatic heterocycles. The van der Waals surface area contributed by atoms with Crippen LogP contribution in [0.3, 0.4) is 0 Å². The Kier molecular flexibility index (Phi) is 7.65. The Labute approximate surface area is 273 Å². The van der Waals surface area contributed by atoms with Crippen LogP contribution in [-0.4, -0.2) is 30.0 Å². The smallest absolute Gasteiger partial charge is 0.113 e. The van der Waals surface area contributed by atoms with Crippen molar-refractivity contribution in [1.29, 1.82) is 0 Å². The predicted octanol–water partition coefficient (Wildman–Crippen LogP) is 8.71. The molecule has 0 saturated heterocycles. The van der Waals surface area contributed by atoms with Crippen molar-refractivity contribution in [2.24, 2.45) is 0 Å². The molecule has 6 aromatic carbocycles. The van der Waals surface area contributed by atoms with Crippen molar-refractivity contribution in [3.8, 4) is 33.6 Å². The van der Waals surface area contributed by atoms with Gasteiger partial charge in [0, 0.05) is 16.7 Å². The first-order chi connectivity index (χ1) is 23.3. The van der Waals surface area contributed by atoms with E-state index in [2.05, 4.69) is 156 Å². The highest BCUT2D eigenvalue weighted by Gasteiger charge is 2.22. The molecule has 0 fully saturated rings. The van der Waals surface area contributed by atoms with Gasteiger partial charge < -0.3 is 0 Å². The summed E-state index contributed by atoms with van der Waals surface area (Å²) in [5.74, 6) is 0. The molecule has 0 unspecified atom stereocenters. The zero-order valence-electron chi connectivity index (χ0n) is 25.8. The van der Waals surface area contributed by atoms with Gasteiger partial charge in [0.2, 0.25) is 0 Å². The first-order valence-corrected chi connectivity index (χ1v) is 15.8. The van der Waals surface area contributed by atoms with Crippen LogP contribution in [0.5, 0.6) is 0 Å². The zero-order valence-corrected chi connectivity index (χ0v) is 25.8. The Morgan fingerprint density at radius 3 is 1.49 bits per heavy atom. The van der Waals surface area contributed by atoms with Crippen LogP contribution in [0.15, 0.2) is 158 Å². The molecule has 0 amide bonds. The van der Waals surface area contributed by atoms with E-state index in [1.54, 1.807) is 0 Å². The number of benzene rings is 6. The monoisotopic (exact) mass is 608 g/mol. The molecular formula is C41H32N6. The summed E-state index contributed by atoms with van der Waals surface area (Å²) < 4.78 is 3.83. The minimum Gasteiger partial charge on any atom is -0.247 e. The van der Waals surface area contributed by atoms with Gasteiger partial charge in [0.05, 0.1) is 25.5 Å². The maximum Gasteiger partial charge on any atom is 0.113 e. The van der Waals surface area contributed by atoms with Gasteiger partial charge >= 0.3 is 0 Å². The fourth-order valence-corrected chi connectivity index (χ4v) is 6.31. The Balaban J connectivity index is 1.33. The zero-order chi connectivity index (χ0) is 31.4. The predicted molar refractivity (Wildman–Crippen MR) is 188 cm³/mol. The van der Waals surface area contributed by atoms with Gasteiger partial charge in [-0.25, -0.2) is 9.36 Å². The molecule has 0 spiro atoms. The molecule has 8 rings (SSSR count). The largest absolute Gasteiger partial charge is 0.247 e. The number of fused-ring (bicyclic) bond motifs is 1. The highest BCUT2D eigenvalue weighted by Crippen LogP contribution is 2.43. The van der Waals surface area contributed by atoms with Crippen molar-refractivity contribution in [3.63, 3.8) is 0 Å². The van der Waals surface area contributed by atoms with Gasteiger partial charge in [-0.2, -0.15) is 0 Å². The van der Waals surface area contributed by atoms with Gasteiger partial charge in [0.1, 0.15) is 11.4 Å². The lowest BCUT2D eigenvalue weighted by Crippen LogP contribution is -2.00. The van der Waals surface area contributed by atoms with Crippen LogP contribution < -0.4 is 0 Å².